The van der Waals surface area contributed by atoms with Crippen LogP contribution in [0, 0.1) is 12.9 Å². The third kappa shape index (κ3) is 4.81. The van der Waals surface area contributed by atoms with Gasteiger partial charge >= 0.3 is 0 Å². The number of rotatable bonds is 6. The van der Waals surface area contributed by atoms with Crippen LogP contribution < -0.4 is 9.62 Å². The number of anilines is 2. The zero-order valence-electron chi connectivity index (χ0n) is 20.1. The Morgan fingerprint density at radius 3 is 2.42 bits per heavy atom. The van der Waals surface area contributed by atoms with Crippen molar-refractivity contribution in [3.05, 3.63) is 84.5 Å². The first-order valence-electron chi connectivity index (χ1n) is 11.7. The van der Waals surface area contributed by atoms with Gasteiger partial charge in [-0.2, -0.15) is 4.39 Å². The molecule has 0 amide bonds. The Bertz CT molecular complexity index is 1460. The lowest BCUT2D eigenvalue weighted by atomic mass is 9.94. The third-order valence-corrected chi connectivity index (χ3v) is 7.95. The van der Waals surface area contributed by atoms with Crippen molar-refractivity contribution in [2.45, 2.75) is 30.6 Å². The molecule has 0 radical (unpaired) electrons. The van der Waals surface area contributed by atoms with Crippen LogP contribution in [0.25, 0.3) is 11.1 Å². The lowest BCUT2D eigenvalue weighted by molar-refractivity contribution is 0.474. The normalized spacial score (nSPS) is 14.7. The SMILES string of the molecule is Cc1ccc(S(=O)(=O)Nc2cccc(-c3ccc(F)nc3)c2N2CCC(c3nncn3C)CC2)cc1. The maximum Gasteiger partial charge on any atom is 0.261 e. The van der Waals surface area contributed by atoms with E-state index in [2.05, 4.69) is 24.8 Å². The fourth-order valence-electron chi connectivity index (χ4n) is 4.68. The fourth-order valence-corrected chi connectivity index (χ4v) is 5.75. The number of nitrogens with one attached hydrogen (secondary N) is 1. The molecule has 2 aromatic carbocycles. The van der Waals surface area contributed by atoms with Crippen molar-refractivity contribution < 1.29 is 12.8 Å². The summed E-state index contributed by atoms with van der Waals surface area (Å²) in [6, 6.07) is 15.2. The van der Waals surface area contributed by atoms with Gasteiger partial charge in [-0.25, -0.2) is 13.4 Å². The summed E-state index contributed by atoms with van der Waals surface area (Å²) in [6.45, 7) is 3.30. The molecule has 0 unspecified atom stereocenters. The van der Waals surface area contributed by atoms with Crippen molar-refractivity contribution in [1.29, 1.82) is 0 Å². The second-order valence-corrected chi connectivity index (χ2v) is 10.7. The van der Waals surface area contributed by atoms with Crippen molar-refractivity contribution in [3.63, 3.8) is 0 Å². The van der Waals surface area contributed by atoms with Gasteiger partial charge in [-0.1, -0.05) is 29.8 Å². The van der Waals surface area contributed by atoms with Crippen molar-refractivity contribution in [2.24, 2.45) is 7.05 Å². The zero-order valence-corrected chi connectivity index (χ0v) is 20.9. The van der Waals surface area contributed by atoms with E-state index >= 15 is 0 Å². The Labute approximate surface area is 209 Å². The van der Waals surface area contributed by atoms with Gasteiger partial charge in [-0.05, 0) is 50.1 Å². The summed E-state index contributed by atoms with van der Waals surface area (Å²) >= 11 is 0. The molecule has 186 valence electrons. The summed E-state index contributed by atoms with van der Waals surface area (Å²) < 4.78 is 44.9. The lowest BCUT2D eigenvalue weighted by Crippen LogP contribution is -2.34. The molecule has 1 saturated heterocycles. The minimum absolute atomic E-state index is 0.189. The van der Waals surface area contributed by atoms with Crippen LogP contribution in [0.4, 0.5) is 15.8 Å². The molecule has 1 fully saturated rings. The number of hydrogen-bond acceptors (Lipinski definition) is 6. The second-order valence-electron chi connectivity index (χ2n) is 9.05. The lowest BCUT2D eigenvalue weighted by Gasteiger charge is -2.35. The number of hydrogen-bond donors (Lipinski definition) is 1. The van der Waals surface area contributed by atoms with Crippen LogP contribution in [0.1, 0.15) is 30.1 Å². The molecule has 2 aromatic heterocycles. The molecule has 1 aliphatic rings. The molecule has 36 heavy (non-hydrogen) atoms. The van der Waals surface area contributed by atoms with Gasteiger partial charge in [0.1, 0.15) is 12.2 Å². The molecule has 8 nitrogen and oxygen atoms in total. The number of sulfonamides is 1. The van der Waals surface area contributed by atoms with E-state index in [9.17, 15) is 12.8 Å². The first-order chi connectivity index (χ1) is 17.3. The molecular weight excluding hydrogens is 479 g/mol. The topological polar surface area (TPSA) is 93.0 Å². The van der Waals surface area contributed by atoms with Gasteiger partial charge in [0.25, 0.3) is 10.0 Å². The van der Waals surface area contributed by atoms with Crippen molar-refractivity contribution in [3.8, 4) is 11.1 Å². The van der Waals surface area contributed by atoms with Crippen LogP contribution >= 0.6 is 0 Å². The Morgan fingerprint density at radius 2 is 1.78 bits per heavy atom. The van der Waals surface area contributed by atoms with Gasteiger partial charge in [-0.3, -0.25) is 4.72 Å². The summed E-state index contributed by atoms with van der Waals surface area (Å²) in [5.41, 5.74) is 3.68. The van der Waals surface area contributed by atoms with E-state index in [0.717, 1.165) is 35.5 Å². The van der Waals surface area contributed by atoms with Crippen molar-refractivity contribution >= 4 is 21.4 Å². The highest BCUT2D eigenvalue weighted by Crippen LogP contribution is 2.41. The fraction of sp³-hybridized carbons (Fsp3) is 0.269. The molecule has 0 bridgehead atoms. The maximum atomic E-state index is 13.6. The molecule has 0 spiro atoms. The molecule has 4 aromatic rings. The van der Waals surface area contributed by atoms with E-state index in [4.69, 9.17) is 0 Å². The Balaban J connectivity index is 1.52. The first-order valence-corrected chi connectivity index (χ1v) is 13.2. The number of pyridine rings is 1. The number of halogens is 1. The highest BCUT2D eigenvalue weighted by molar-refractivity contribution is 7.92. The average Bonchev–Trinajstić information content (AvgIpc) is 3.30. The van der Waals surface area contributed by atoms with Crippen LogP contribution in [0.2, 0.25) is 0 Å². The summed E-state index contributed by atoms with van der Waals surface area (Å²) in [5.74, 6) is 0.646. The monoisotopic (exact) mass is 506 g/mol. The molecule has 1 N–H and O–H groups in total. The zero-order chi connectivity index (χ0) is 25.3. The van der Waals surface area contributed by atoms with Crippen LogP contribution in [0.5, 0.6) is 0 Å². The highest BCUT2D eigenvalue weighted by Gasteiger charge is 2.28. The number of piperidine rings is 1. The maximum absolute atomic E-state index is 13.6. The summed E-state index contributed by atoms with van der Waals surface area (Å²) in [6.07, 6.45) is 4.86. The molecule has 5 rings (SSSR count). The predicted octanol–water partition coefficient (Wildman–Crippen LogP) is 4.51. The van der Waals surface area contributed by atoms with E-state index < -0.39 is 16.0 Å². The van der Waals surface area contributed by atoms with Gasteiger partial charge < -0.3 is 9.47 Å². The minimum Gasteiger partial charge on any atom is -0.369 e. The van der Waals surface area contributed by atoms with E-state index in [-0.39, 0.29) is 10.8 Å². The standard InChI is InChI=1S/C26H27FN6O2S/c1-18-6-9-21(10-7-18)36(34,35)31-23-5-3-4-22(20-8-11-24(27)28-16-20)25(23)33-14-12-19(13-15-33)26-30-29-17-32(26)2/h3-11,16-17,19,31H,12-15H2,1-2H3. The quantitative estimate of drug-likeness (QED) is 0.387. The molecule has 0 saturated carbocycles. The predicted molar refractivity (Wildman–Crippen MR) is 137 cm³/mol. The minimum atomic E-state index is -3.82. The van der Waals surface area contributed by atoms with Gasteiger partial charge in [0, 0.05) is 43.4 Å². The second kappa shape index (κ2) is 9.69. The number of benzene rings is 2. The van der Waals surface area contributed by atoms with Crippen LogP contribution in [0.3, 0.4) is 0 Å². The summed E-state index contributed by atoms with van der Waals surface area (Å²) in [7, 11) is -1.88. The van der Waals surface area contributed by atoms with Gasteiger partial charge in [0.2, 0.25) is 5.95 Å². The van der Waals surface area contributed by atoms with Gasteiger partial charge in [-0.15, -0.1) is 10.2 Å². The molecule has 10 heteroatoms. The number of aromatic nitrogens is 4. The largest absolute Gasteiger partial charge is 0.369 e. The van der Waals surface area contributed by atoms with E-state index in [1.165, 1.54) is 12.3 Å². The smallest absolute Gasteiger partial charge is 0.261 e. The molecule has 0 atom stereocenters. The average molecular weight is 507 g/mol. The van der Waals surface area contributed by atoms with E-state index in [1.807, 2.05) is 24.6 Å². The molecule has 0 aliphatic carbocycles. The molecule has 3 heterocycles. The van der Waals surface area contributed by atoms with Crippen LogP contribution in [-0.4, -0.2) is 41.3 Å². The first kappa shape index (κ1) is 23.9. The van der Waals surface area contributed by atoms with Crippen LogP contribution in [-0.2, 0) is 17.1 Å². The summed E-state index contributed by atoms with van der Waals surface area (Å²) in [5, 5.41) is 8.28. The molecular formula is C26H27FN6O2S. The van der Waals surface area contributed by atoms with E-state index in [0.29, 0.717) is 24.3 Å². The van der Waals surface area contributed by atoms with Crippen LogP contribution in [0.15, 0.2) is 72.0 Å². The third-order valence-electron chi connectivity index (χ3n) is 6.57. The Hall–Kier alpha value is -3.79. The van der Waals surface area contributed by atoms with E-state index in [1.54, 1.807) is 48.8 Å². The number of nitrogens with zero attached hydrogens (tertiary/aromatic N) is 5. The Morgan fingerprint density at radius 1 is 1.03 bits per heavy atom. The van der Waals surface area contributed by atoms with Crippen molar-refractivity contribution in [1.82, 2.24) is 19.7 Å². The van der Waals surface area contributed by atoms with Gasteiger partial charge in [0.05, 0.1) is 16.3 Å². The van der Waals surface area contributed by atoms with Gasteiger partial charge in [0.15, 0.2) is 0 Å². The number of para-hydroxylation sites is 1. The Kier molecular flexibility index (Phi) is 6.44. The molecule has 1 aliphatic heterocycles. The highest BCUT2D eigenvalue weighted by atomic mass is 32.2. The summed E-state index contributed by atoms with van der Waals surface area (Å²) in [4.78, 5) is 6.18. The number of aryl methyl sites for hydroxylation is 2. The van der Waals surface area contributed by atoms with Crippen molar-refractivity contribution in [2.75, 3.05) is 22.7 Å².